The Labute approximate surface area is 156 Å². The Hall–Kier alpha value is -2.28. The van der Waals surface area contributed by atoms with Gasteiger partial charge in [-0.3, -0.25) is 20.2 Å². The molecule has 0 fully saturated rings. The number of nitro groups is 2. The average Bonchev–Trinajstić information content (AvgIpc) is 2.54. The number of hydrogen-bond donors (Lipinski definition) is 0. The summed E-state index contributed by atoms with van der Waals surface area (Å²) < 4.78 is 42.8. The predicted molar refractivity (Wildman–Crippen MR) is 92.3 cm³/mol. The number of non-ortho nitro benzene ring substituents is 2. The van der Waals surface area contributed by atoms with E-state index in [9.17, 15) is 37.1 Å². The number of rotatable bonds is 4. The van der Waals surface area contributed by atoms with Crippen molar-refractivity contribution < 1.29 is 26.7 Å². The van der Waals surface area contributed by atoms with Crippen LogP contribution in [0.3, 0.4) is 0 Å². The standard InChI is InChI=1S/2C6H4ClNO4S/c2*7-13(11,12)6-3-1-5(2-4-6)8(9)10/h2*1-4H. The Kier molecular flexibility index (Phi) is 7.03. The molecule has 2 rings (SSSR count). The van der Waals surface area contributed by atoms with Crippen LogP contribution < -0.4 is 0 Å². The van der Waals surface area contributed by atoms with Crippen molar-refractivity contribution in [1.29, 1.82) is 0 Å². The van der Waals surface area contributed by atoms with Crippen LogP contribution >= 0.6 is 21.4 Å². The molecule has 2 aromatic carbocycles. The fourth-order valence-corrected chi connectivity index (χ4v) is 3.00. The van der Waals surface area contributed by atoms with Crippen LogP contribution in [0.25, 0.3) is 0 Å². The Bertz CT molecular complexity index is 934. The van der Waals surface area contributed by atoms with E-state index in [4.69, 9.17) is 21.4 Å². The van der Waals surface area contributed by atoms with Crippen molar-refractivity contribution in [3.63, 3.8) is 0 Å². The van der Waals surface area contributed by atoms with Gasteiger partial charge in [0, 0.05) is 45.6 Å². The van der Waals surface area contributed by atoms with E-state index in [1.165, 1.54) is 0 Å². The summed E-state index contributed by atoms with van der Waals surface area (Å²) in [5, 5.41) is 20.4. The smallest absolute Gasteiger partial charge is 0.258 e. The molecule has 0 aromatic heterocycles. The second kappa shape index (κ2) is 8.40. The number of hydrogen-bond acceptors (Lipinski definition) is 8. The Morgan fingerprint density at radius 2 is 0.846 bits per heavy atom. The van der Waals surface area contributed by atoms with Gasteiger partial charge in [0.2, 0.25) is 0 Å². The highest BCUT2D eigenvalue weighted by Crippen LogP contribution is 2.19. The van der Waals surface area contributed by atoms with E-state index >= 15 is 0 Å². The number of benzene rings is 2. The number of nitro benzene ring substituents is 2. The zero-order chi connectivity index (χ0) is 20.1. The molecule has 0 unspecified atom stereocenters. The molecule has 0 saturated carbocycles. The van der Waals surface area contributed by atoms with Crippen LogP contribution in [0.1, 0.15) is 0 Å². The van der Waals surface area contributed by atoms with Gasteiger partial charge in [-0.15, -0.1) is 0 Å². The fourth-order valence-electron chi connectivity index (χ4n) is 1.46. The highest BCUT2D eigenvalue weighted by Gasteiger charge is 2.12. The minimum Gasteiger partial charge on any atom is -0.258 e. The zero-order valence-corrected chi connectivity index (χ0v) is 15.5. The normalized spacial score (nSPS) is 11.2. The third kappa shape index (κ3) is 6.55. The Morgan fingerprint density at radius 1 is 0.615 bits per heavy atom. The van der Waals surface area contributed by atoms with Gasteiger partial charge >= 0.3 is 0 Å². The van der Waals surface area contributed by atoms with E-state index < -0.39 is 27.9 Å². The van der Waals surface area contributed by atoms with Crippen molar-refractivity contribution in [3.05, 3.63) is 68.8 Å². The third-order valence-electron chi connectivity index (χ3n) is 2.66. The van der Waals surface area contributed by atoms with Gasteiger partial charge in [0.15, 0.2) is 0 Å². The molecule has 0 atom stereocenters. The van der Waals surface area contributed by atoms with Crippen molar-refractivity contribution in [2.24, 2.45) is 0 Å². The van der Waals surface area contributed by atoms with E-state index in [0.717, 1.165) is 48.5 Å². The number of nitrogens with zero attached hydrogens (tertiary/aromatic N) is 2. The fraction of sp³-hybridized carbons (Fsp3) is 0. The molecule has 10 nitrogen and oxygen atoms in total. The van der Waals surface area contributed by atoms with Crippen molar-refractivity contribution in [1.82, 2.24) is 0 Å². The van der Waals surface area contributed by atoms with Crippen molar-refractivity contribution >= 4 is 50.8 Å². The maximum atomic E-state index is 10.7. The summed E-state index contributed by atoms with van der Waals surface area (Å²) in [7, 11) is 2.39. The largest absolute Gasteiger partial charge is 0.269 e. The first-order valence-corrected chi connectivity index (χ1v) is 10.8. The van der Waals surface area contributed by atoms with Crippen LogP contribution in [-0.2, 0) is 18.1 Å². The number of halogens is 2. The zero-order valence-electron chi connectivity index (χ0n) is 12.4. The van der Waals surface area contributed by atoms with Crippen LogP contribution in [-0.4, -0.2) is 26.7 Å². The van der Waals surface area contributed by atoms with Crippen LogP contribution in [0.4, 0.5) is 11.4 Å². The molecular formula is C12H8Cl2N2O8S2. The van der Waals surface area contributed by atoms with Gasteiger partial charge in [0.25, 0.3) is 29.5 Å². The summed E-state index contributed by atoms with van der Waals surface area (Å²) in [5.41, 5.74) is -0.354. The summed E-state index contributed by atoms with van der Waals surface area (Å²) in [6.07, 6.45) is 0. The van der Waals surface area contributed by atoms with Crippen LogP contribution in [0.15, 0.2) is 58.3 Å². The van der Waals surface area contributed by atoms with Crippen LogP contribution in [0.5, 0.6) is 0 Å². The van der Waals surface area contributed by atoms with Gasteiger partial charge < -0.3 is 0 Å². The molecule has 0 saturated heterocycles. The molecule has 14 heteroatoms. The average molecular weight is 443 g/mol. The molecule has 0 amide bonds. The Morgan fingerprint density at radius 3 is 1.00 bits per heavy atom. The Balaban J connectivity index is 0.000000260. The molecule has 26 heavy (non-hydrogen) atoms. The van der Waals surface area contributed by atoms with E-state index in [1.54, 1.807) is 0 Å². The van der Waals surface area contributed by atoms with Gasteiger partial charge in [0.05, 0.1) is 19.6 Å². The molecule has 140 valence electrons. The molecule has 0 heterocycles. The first-order chi connectivity index (χ1) is 11.8. The van der Waals surface area contributed by atoms with Gasteiger partial charge in [0.1, 0.15) is 0 Å². The monoisotopic (exact) mass is 442 g/mol. The van der Waals surface area contributed by atoms with Crippen LogP contribution in [0.2, 0.25) is 0 Å². The molecule has 0 N–H and O–H groups in total. The predicted octanol–water partition coefficient (Wildman–Crippen LogP) is 3.04. The molecule has 0 aliphatic heterocycles. The molecule has 0 aliphatic carbocycles. The second-order valence-electron chi connectivity index (χ2n) is 4.38. The van der Waals surface area contributed by atoms with Gasteiger partial charge in [-0.2, -0.15) is 0 Å². The summed E-state index contributed by atoms with van der Waals surface area (Å²) in [6, 6.07) is 8.65. The SMILES string of the molecule is O=[N+]([O-])c1ccc(S(=O)(=O)Cl)cc1.O=[N+]([O-])c1ccc(S(=O)(=O)Cl)cc1. The third-order valence-corrected chi connectivity index (χ3v) is 5.40. The maximum absolute atomic E-state index is 10.7. The van der Waals surface area contributed by atoms with Crippen LogP contribution in [0, 0.1) is 20.2 Å². The summed E-state index contributed by atoms with van der Waals surface area (Å²) >= 11 is 0. The first-order valence-electron chi connectivity index (χ1n) is 6.20. The topological polar surface area (TPSA) is 155 Å². The highest BCUT2D eigenvalue weighted by molar-refractivity contribution is 8.14. The molecule has 2 aromatic rings. The van der Waals surface area contributed by atoms with E-state index in [2.05, 4.69) is 0 Å². The minimum absolute atomic E-state index is 0.153. The lowest BCUT2D eigenvalue weighted by Crippen LogP contribution is -1.92. The minimum atomic E-state index is -3.80. The van der Waals surface area contributed by atoms with E-state index in [1.807, 2.05) is 0 Å². The van der Waals surface area contributed by atoms with Gasteiger partial charge in [-0.1, -0.05) is 0 Å². The first kappa shape index (κ1) is 21.8. The van der Waals surface area contributed by atoms with E-state index in [0.29, 0.717) is 0 Å². The lowest BCUT2D eigenvalue weighted by atomic mass is 10.3. The summed E-state index contributed by atoms with van der Waals surface area (Å²) in [5.74, 6) is 0. The lowest BCUT2D eigenvalue weighted by Gasteiger charge is -1.94. The van der Waals surface area contributed by atoms with E-state index in [-0.39, 0.29) is 21.2 Å². The van der Waals surface area contributed by atoms with Crippen molar-refractivity contribution in [2.45, 2.75) is 9.79 Å². The highest BCUT2D eigenvalue weighted by atomic mass is 35.7. The van der Waals surface area contributed by atoms with Gasteiger partial charge in [-0.05, 0) is 24.3 Å². The summed E-state index contributed by atoms with van der Waals surface area (Å²) in [6.45, 7) is 0. The van der Waals surface area contributed by atoms with Crippen molar-refractivity contribution in [3.8, 4) is 0 Å². The lowest BCUT2D eigenvalue weighted by molar-refractivity contribution is -0.385. The quantitative estimate of drug-likeness (QED) is 0.397. The molecule has 0 aliphatic rings. The molecule has 0 spiro atoms. The van der Waals surface area contributed by atoms with Gasteiger partial charge in [-0.25, -0.2) is 16.8 Å². The van der Waals surface area contributed by atoms with Crippen molar-refractivity contribution in [2.75, 3.05) is 0 Å². The molecule has 0 bridgehead atoms. The molecule has 0 radical (unpaired) electrons. The maximum Gasteiger partial charge on any atom is 0.269 e. The summed E-state index contributed by atoms with van der Waals surface area (Å²) in [4.78, 5) is 18.8. The second-order valence-corrected chi connectivity index (χ2v) is 9.51. The molecular weight excluding hydrogens is 435 g/mol.